The van der Waals surface area contributed by atoms with Gasteiger partial charge in [0.25, 0.3) is 0 Å². The van der Waals surface area contributed by atoms with Crippen molar-refractivity contribution < 1.29 is 18.3 Å². The number of Topliss-reactive ketones (excluding diaryl/α,β-unsaturated/α-hetero) is 1. The number of sulfonamides is 1. The first-order valence-corrected chi connectivity index (χ1v) is 8.04. The zero-order valence-electron chi connectivity index (χ0n) is 11.6. The summed E-state index contributed by atoms with van der Waals surface area (Å²) in [7, 11) is -3.66. The van der Waals surface area contributed by atoms with Gasteiger partial charge in [-0.1, -0.05) is 12.1 Å². The van der Waals surface area contributed by atoms with Crippen LogP contribution in [0.1, 0.15) is 37.0 Å². The molecule has 1 aliphatic carbocycles. The maximum Gasteiger partial charge on any atom is 0.240 e. The monoisotopic (exact) mass is 297 g/mol. The fourth-order valence-electron chi connectivity index (χ4n) is 1.73. The van der Waals surface area contributed by atoms with Crippen LogP contribution in [-0.2, 0) is 10.0 Å². The van der Waals surface area contributed by atoms with E-state index in [4.69, 9.17) is 0 Å². The highest BCUT2D eigenvalue weighted by molar-refractivity contribution is 7.89. The summed E-state index contributed by atoms with van der Waals surface area (Å²) in [6.45, 7) is 2.97. The molecule has 0 aliphatic heterocycles. The molecular weight excluding hydrogens is 278 g/mol. The molecule has 0 saturated heterocycles. The van der Waals surface area contributed by atoms with Crippen molar-refractivity contribution in [3.05, 3.63) is 29.8 Å². The van der Waals surface area contributed by atoms with Gasteiger partial charge in [0.2, 0.25) is 10.0 Å². The van der Waals surface area contributed by atoms with E-state index in [1.165, 1.54) is 26.0 Å². The summed E-state index contributed by atoms with van der Waals surface area (Å²) in [5, 5.41) is 9.54. The highest BCUT2D eigenvalue weighted by Gasteiger charge is 2.30. The molecule has 0 aromatic heterocycles. The Kier molecular flexibility index (Phi) is 4.00. The number of hydrogen-bond acceptors (Lipinski definition) is 4. The summed E-state index contributed by atoms with van der Waals surface area (Å²) < 4.78 is 26.3. The van der Waals surface area contributed by atoms with E-state index in [1.54, 1.807) is 12.1 Å². The minimum absolute atomic E-state index is 0.0713. The zero-order valence-corrected chi connectivity index (χ0v) is 12.4. The largest absolute Gasteiger partial charge is 0.389 e. The molecule has 0 unspecified atom stereocenters. The second-order valence-electron chi connectivity index (χ2n) is 5.80. The van der Waals surface area contributed by atoms with Crippen LogP contribution in [0.3, 0.4) is 0 Å². The van der Waals surface area contributed by atoms with Crippen molar-refractivity contribution >= 4 is 15.8 Å². The predicted molar refractivity (Wildman–Crippen MR) is 75.0 cm³/mol. The lowest BCUT2D eigenvalue weighted by Gasteiger charge is -2.17. The Morgan fingerprint density at radius 3 is 2.30 bits per heavy atom. The van der Waals surface area contributed by atoms with E-state index in [1.807, 2.05) is 0 Å². The Morgan fingerprint density at radius 1 is 1.30 bits per heavy atom. The fourth-order valence-corrected chi connectivity index (χ4v) is 2.94. The zero-order chi connectivity index (χ0) is 15.0. The van der Waals surface area contributed by atoms with Gasteiger partial charge in [0.15, 0.2) is 5.78 Å². The Balaban J connectivity index is 2.10. The molecule has 0 bridgehead atoms. The lowest BCUT2D eigenvalue weighted by molar-refractivity contribution is 0.0857. The van der Waals surface area contributed by atoms with Gasteiger partial charge in [-0.15, -0.1) is 0 Å². The highest BCUT2D eigenvalue weighted by Crippen LogP contribution is 2.32. The van der Waals surface area contributed by atoms with Crippen LogP contribution in [0.25, 0.3) is 0 Å². The molecule has 1 aromatic rings. The quantitative estimate of drug-likeness (QED) is 0.776. The van der Waals surface area contributed by atoms with Crippen LogP contribution in [0.5, 0.6) is 0 Å². The molecule has 1 fully saturated rings. The third-order valence-electron chi connectivity index (χ3n) is 3.09. The molecule has 110 valence electrons. The molecule has 0 radical (unpaired) electrons. The van der Waals surface area contributed by atoms with Gasteiger partial charge in [0, 0.05) is 18.0 Å². The lowest BCUT2D eigenvalue weighted by Crippen LogP contribution is -2.38. The summed E-state index contributed by atoms with van der Waals surface area (Å²) in [4.78, 5) is 11.9. The van der Waals surface area contributed by atoms with Crippen molar-refractivity contribution in [3.63, 3.8) is 0 Å². The molecule has 0 atom stereocenters. The van der Waals surface area contributed by atoms with Crippen LogP contribution in [0.2, 0.25) is 0 Å². The maximum atomic E-state index is 12.0. The van der Waals surface area contributed by atoms with Gasteiger partial charge >= 0.3 is 0 Å². The molecule has 0 heterocycles. The fraction of sp³-hybridized carbons (Fsp3) is 0.500. The topological polar surface area (TPSA) is 83.5 Å². The molecule has 0 amide bonds. The van der Waals surface area contributed by atoms with Crippen LogP contribution >= 0.6 is 0 Å². The van der Waals surface area contributed by atoms with Gasteiger partial charge in [-0.05, 0) is 38.8 Å². The van der Waals surface area contributed by atoms with Crippen molar-refractivity contribution in [2.75, 3.05) is 6.54 Å². The second-order valence-corrected chi connectivity index (χ2v) is 7.57. The Labute approximate surface area is 119 Å². The SMILES string of the molecule is CC(C)(O)CNS(=O)(=O)c1ccc(C(=O)C2CC2)cc1. The van der Waals surface area contributed by atoms with E-state index in [2.05, 4.69) is 4.72 Å². The number of aliphatic hydroxyl groups is 1. The van der Waals surface area contributed by atoms with Crippen LogP contribution in [-0.4, -0.2) is 31.5 Å². The lowest BCUT2D eigenvalue weighted by atomic mass is 10.1. The summed E-state index contributed by atoms with van der Waals surface area (Å²) >= 11 is 0. The van der Waals surface area contributed by atoms with Crippen LogP contribution in [0.15, 0.2) is 29.2 Å². The molecule has 5 nitrogen and oxygen atoms in total. The van der Waals surface area contributed by atoms with E-state index >= 15 is 0 Å². The molecule has 1 aliphatic rings. The minimum atomic E-state index is -3.66. The van der Waals surface area contributed by atoms with Crippen LogP contribution in [0.4, 0.5) is 0 Å². The number of nitrogens with one attached hydrogen (secondary N) is 1. The average molecular weight is 297 g/mol. The van der Waals surface area contributed by atoms with Gasteiger partial charge in [0.05, 0.1) is 10.5 Å². The molecule has 0 spiro atoms. The molecule has 20 heavy (non-hydrogen) atoms. The van der Waals surface area contributed by atoms with E-state index in [0.717, 1.165) is 12.8 Å². The summed E-state index contributed by atoms with van der Waals surface area (Å²) in [6, 6.07) is 5.92. The standard InChI is InChI=1S/C14H19NO4S/c1-14(2,17)9-15-20(18,19)12-7-5-11(6-8-12)13(16)10-3-4-10/h5-8,10,15,17H,3-4,9H2,1-2H3. The Hall–Kier alpha value is -1.24. The van der Waals surface area contributed by atoms with Crippen molar-refractivity contribution in [1.82, 2.24) is 4.72 Å². The number of hydrogen-bond donors (Lipinski definition) is 2. The van der Waals surface area contributed by atoms with Crippen LogP contribution < -0.4 is 4.72 Å². The number of benzene rings is 1. The van der Waals surface area contributed by atoms with Crippen molar-refractivity contribution in [3.8, 4) is 0 Å². The molecule has 2 N–H and O–H groups in total. The van der Waals surface area contributed by atoms with Crippen molar-refractivity contribution in [2.45, 2.75) is 37.2 Å². The first-order chi connectivity index (χ1) is 9.19. The van der Waals surface area contributed by atoms with Gasteiger partial charge in [-0.2, -0.15) is 0 Å². The molecule has 2 rings (SSSR count). The molecule has 1 aromatic carbocycles. The minimum Gasteiger partial charge on any atom is -0.389 e. The Morgan fingerprint density at radius 2 is 1.85 bits per heavy atom. The molecular formula is C14H19NO4S. The second kappa shape index (κ2) is 5.27. The van der Waals surface area contributed by atoms with Crippen molar-refractivity contribution in [2.24, 2.45) is 5.92 Å². The summed E-state index contributed by atoms with van der Waals surface area (Å²) in [5.74, 6) is 0.198. The average Bonchev–Trinajstić information content (AvgIpc) is 3.19. The first kappa shape index (κ1) is 15.2. The number of carbonyl (C=O) groups excluding carboxylic acids is 1. The first-order valence-electron chi connectivity index (χ1n) is 6.55. The number of ketones is 1. The van der Waals surface area contributed by atoms with Crippen molar-refractivity contribution in [1.29, 1.82) is 0 Å². The van der Waals surface area contributed by atoms with E-state index in [9.17, 15) is 18.3 Å². The van der Waals surface area contributed by atoms with E-state index in [0.29, 0.717) is 5.56 Å². The third-order valence-corrected chi connectivity index (χ3v) is 4.51. The third kappa shape index (κ3) is 3.88. The number of rotatable bonds is 6. The van der Waals surface area contributed by atoms with Gasteiger partial charge in [-0.3, -0.25) is 4.79 Å². The highest BCUT2D eigenvalue weighted by atomic mass is 32.2. The van der Waals surface area contributed by atoms with Crippen LogP contribution in [0, 0.1) is 5.92 Å². The summed E-state index contributed by atoms with van der Waals surface area (Å²) in [6.07, 6.45) is 1.85. The summed E-state index contributed by atoms with van der Waals surface area (Å²) in [5.41, 5.74) is -0.566. The van der Waals surface area contributed by atoms with Gasteiger partial charge in [0.1, 0.15) is 0 Å². The Bertz CT molecular complexity index is 595. The molecule has 6 heteroatoms. The smallest absolute Gasteiger partial charge is 0.240 e. The predicted octanol–water partition coefficient (Wildman–Crippen LogP) is 1.33. The van der Waals surface area contributed by atoms with Gasteiger partial charge in [-0.25, -0.2) is 13.1 Å². The van der Waals surface area contributed by atoms with E-state index in [-0.39, 0.29) is 23.1 Å². The van der Waals surface area contributed by atoms with E-state index < -0.39 is 15.6 Å². The maximum absolute atomic E-state index is 12.0. The van der Waals surface area contributed by atoms with Gasteiger partial charge < -0.3 is 5.11 Å². The molecule has 1 saturated carbocycles. The number of carbonyl (C=O) groups is 1. The normalized spacial score (nSPS) is 16.1.